The van der Waals surface area contributed by atoms with Gasteiger partial charge >= 0.3 is 0 Å². The zero-order valence-corrected chi connectivity index (χ0v) is 13.9. The molecule has 4 fully saturated rings. The number of nitrogens with zero attached hydrogens (tertiary/aromatic N) is 2. The molecule has 2 aliphatic heterocycles. The van der Waals surface area contributed by atoms with Crippen LogP contribution in [-0.4, -0.2) is 73.5 Å². The van der Waals surface area contributed by atoms with Crippen LogP contribution in [0.15, 0.2) is 0 Å². The van der Waals surface area contributed by atoms with Crippen molar-refractivity contribution in [3.05, 3.63) is 0 Å². The van der Waals surface area contributed by atoms with E-state index in [4.69, 9.17) is 0 Å². The van der Waals surface area contributed by atoms with Gasteiger partial charge in [-0.3, -0.25) is 14.5 Å². The van der Waals surface area contributed by atoms with E-state index in [1.54, 1.807) is 0 Å². The third kappa shape index (κ3) is 3.38. The van der Waals surface area contributed by atoms with Gasteiger partial charge in [-0.25, -0.2) is 0 Å². The van der Waals surface area contributed by atoms with E-state index in [9.17, 15) is 9.59 Å². The Morgan fingerprint density at radius 1 is 1.09 bits per heavy atom. The summed E-state index contributed by atoms with van der Waals surface area (Å²) in [5.74, 6) is 0.784. The van der Waals surface area contributed by atoms with Crippen molar-refractivity contribution in [2.75, 3.05) is 45.8 Å². The average molecular weight is 320 g/mol. The minimum absolute atomic E-state index is 0.142. The number of hydrogen-bond acceptors (Lipinski definition) is 4. The normalized spacial score (nSPS) is 30.3. The Kier molecular flexibility index (Phi) is 4.05. The zero-order valence-electron chi connectivity index (χ0n) is 13.9. The van der Waals surface area contributed by atoms with Crippen LogP contribution in [0.1, 0.15) is 32.1 Å². The first kappa shape index (κ1) is 15.4. The lowest BCUT2D eigenvalue weighted by atomic mass is 9.91. The van der Waals surface area contributed by atoms with Gasteiger partial charge in [0.25, 0.3) is 0 Å². The topological polar surface area (TPSA) is 64.7 Å². The molecule has 6 heteroatoms. The largest absolute Gasteiger partial charge is 0.352 e. The summed E-state index contributed by atoms with van der Waals surface area (Å²) < 4.78 is 0. The highest BCUT2D eigenvalue weighted by Gasteiger charge is 2.58. The molecule has 128 valence electrons. The molecular formula is C17H28N4O2. The van der Waals surface area contributed by atoms with Gasteiger partial charge in [-0.1, -0.05) is 0 Å². The van der Waals surface area contributed by atoms with Crippen molar-refractivity contribution in [3.8, 4) is 0 Å². The lowest BCUT2D eigenvalue weighted by molar-refractivity contribution is -0.135. The molecule has 2 aliphatic carbocycles. The zero-order chi connectivity index (χ0) is 15.9. The van der Waals surface area contributed by atoms with Crippen LogP contribution in [0.2, 0.25) is 0 Å². The van der Waals surface area contributed by atoms with Gasteiger partial charge in [0.05, 0.1) is 6.54 Å². The number of rotatable bonds is 4. The van der Waals surface area contributed by atoms with E-state index in [0.29, 0.717) is 23.9 Å². The molecule has 2 amide bonds. The fourth-order valence-electron chi connectivity index (χ4n) is 4.22. The van der Waals surface area contributed by atoms with E-state index in [1.165, 1.54) is 0 Å². The Labute approximate surface area is 137 Å². The Morgan fingerprint density at radius 2 is 1.78 bits per heavy atom. The molecule has 4 rings (SSSR count). The molecule has 6 nitrogen and oxygen atoms in total. The summed E-state index contributed by atoms with van der Waals surface area (Å²) in [5.41, 5.74) is 0.323. The fraction of sp³-hybridized carbons (Fsp3) is 0.882. The van der Waals surface area contributed by atoms with Crippen molar-refractivity contribution >= 4 is 11.8 Å². The van der Waals surface area contributed by atoms with Crippen molar-refractivity contribution in [2.24, 2.45) is 11.3 Å². The molecular weight excluding hydrogens is 292 g/mol. The Bertz CT molecular complexity index is 477. The molecule has 1 unspecified atom stereocenters. The van der Waals surface area contributed by atoms with Crippen LogP contribution < -0.4 is 10.6 Å². The molecule has 2 saturated heterocycles. The minimum Gasteiger partial charge on any atom is -0.352 e. The summed E-state index contributed by atoms with van der Waals surface area (Å²) >= 11 is 0. The van der Waals surface area contributed by atoms with Crippen molar-refractivity contribution in [2.45, 2.75) is 38.1 Å². The van der Waals surface area contributed by atoms with Gasteiger partial charge in [0.2, 0.25) is 11.8 Å². The molecule has 2 saturated carbocycles. The first-order valence-electron chi connectivity index (χ1n) is 9.18. The second-order valence-electron chi connectivity index (χ2n) is 7.81. The van der Waals surface area contributed by atoms with E-state index in [2.05, 4.69) is 15.5 Å². The highest BCUT2D eigenvalue weighted by molar-refractivity contribution is 5.83. The van der Waals surface area contributed by atoms with Crippen molar-refractivity contribution in [1.29, 1.82) is 0 Å². The maximum atomic E-state index is 12.7. The summed E-state index contributed by atoms with van der Waals surface area (Å²) in [5, 5.41) is 6.43. The molecule has 2 heterocycles. The molecule has 0 radical (unpaired) electrons. The maximum absolute atomic E-state index is 12.7. The molecule has 2 N–H and O–H groups in total. The van der Waals surface area contributed by atoms with Gasteiger partial charge in [0, 0.05) is 38.1 Å². The number of hydrogen-bond donors (Lipinski definition) is 2. The summed E-state index contributed by atoms with van der Waals surface area (Å²) in [6, 6.07) is 0.432. The van der Waals surface area contributed by atoms with E-state index in [-0.39, 0.29) is 11.8 Å². The summed E-state index contributed by atoms with van der Waals surface area (Å²) in [6.07, 6.45) is 5.67. The van der Waals surface area contributed by atoms with Crippen LogP contribution in [0.25, 0.3) is 0 Å². The van der Waals surface area contributed by atoms with Gasteiger partial charge in [0.15, 0.2) is 0 Å². The van der Waals surface area contributed by atoms with E-state index < -0.39 is 0 Å². The number of nitrogens with one attached hydrogen (secondary N) is 2. The lowest BCUT2D eigenvalue weighted by Gasteiger charge is -2.35. The molecule has 0 aromatic carbocycles. The molecule has 4 aliphatic rings. The predicted octanol–water partition coefficient (Wildman–Crippen LogP) is -0.201. The molecule has 0 bridgehead atoms. The predicted molar refractivity (Wildman–Crippen MR) is 86.8 cm³/mol. The molecule has 0 aromatic heterocycles. The van der Waals surface area contributed by atoms with Crippen LogP contribution in [0.5, 0.6) is 0 Å². The number of piperidine rings is 1. The van der Waals surface area contributed by atoms with Crippen LogP contribution >= 0.6 is 0 Å². The van der Waals surface area contributed by atoms with Gasteiger partial charge < -0.3 is 15.5 Å². The van der Waals surface area contributed by atoms with Crippen LogP contribution in [-0.2, 0) is 9.59 Å². The smallest absolute Gasteiger partial charge is 0.234 e. The van der Waals surface area contributed by atoms with E-state index in [1.807, 2.05) is 4.90 Å². The first-order chi connectivity index (χ1) is 11.2. The standard InChI is InChI=1S/C17H28N4O2/c22-15(19-13-1-2-13)12-20-7-9-21(10-8-20)16(23)14-11-17(14)3-5-18-6-4-17/h13-14,18H,1-12H2,(H,19,22). The molecule has 23 heavy (non-hydrogen) atoms. The summed E-state index contributed by atoms with van der Waals surface area (Å²) in [4.78, 5) is 28.8. The summed E-state index contributed by atoms with van der Waals surface area (Å²) in [6.45, 7) is 5.82. The van der Waals surface area contributed by atoms with E-state index >= 15 is 0 Å². The quantitative estimate of drug-likeness (QED) is 0.753. The van der Waals surface area contributed by atoms with Crippen molar-refractivity contribution < 1.29 is 9.59 Å². The number of carbonyl (C=O) groups excluding carboxylic acids is 2. The molecule has 0 aromatic rings. The van der Waals surface area contributed by atoms with Crippen LogP contribution in [0.4, 0.5) is 0 Å². The highest BCUT2D eigenvalue weighted by Crippen LogP contribution is 2.59. The molecule has 1 spiro atoms. The number of carbonyl (C=O) groups is 2. The van der Waals surface area contributed by atoms with Gasteiger partial charge in [0.1, 0.15) is 0 Å². The van der Waals surface area contributed by atoms with Gasteiger partial charge in [-0.05, 0) is 50.6 Å². The van der Waals surface area contributed by atoms with Crippen molar-refractivity contribution in [3.63, 3.8) is 0 Å². The van der Waals surface area contributed by atoms with Crippen LogP contribution in [0.3, 0.4) is 0 Å². The highest BCUT2D eigenvalue weighted by atomic mass is 16.2. The van der Waals surface area contributed by atoms with Gasteiger partial charge in [-0.15, -0.1) is 0 Å². The third-order valence-electron chi connectivity index (χ3n) is 6.08. The average Bonchev–Trinajstić information content (AvgIpc) is 3.47. The monoisotopic (exact) mass is 320 g/mol. The number of piperazine rings is 1. The Balaban J connectivity index is 1.22. The SMILES string of the molecule is O=C(CN1CCN(C(=O)C2CC23CCNCC3)CC1)NC1CC1. The van der Waals surface area contributed by atoms with Gasteiger partial charge in [-0.2, -0.15) is 0 Å². The van der Waals surface area contributed by atoms with E-state index in [0.717, 1.165) is 71.4 Å². The summed E-state index contributed by atoms with van der Waals surface area (Å²) in [7, 11) is 0. The van der Waals surface area contributed by atoms with Crippen LogP contribution in [0, 0.1) is 11.3 Å². The Morgan fingerprint density at radius 3 is 2.43 bits per heavy atom. The minimum atomic E-state index is 0.142. The third-order valence-corrected chi connectivity index (χ3v) is 6.08. The number of amides is 2. The molecule has 1 atom stereocenters. The lowest BCUT2D eigenvalue weighted by Crippen LogP contribution is -2.52. The maximum Gasteiger partial charge on any atom is 0.234 e. The van der Waals surface area contributed by atoms with Crippen molar-refractivity contribution in [1.82, 2.24) is 20.4 Å². The fourth-order valence-corrected chi connectivity index (χ4v) is 4.22. The Hall–Kier alpha value is -1.14. The second kappa shape index (κ2) is 6.06. The first-order valence-corrected chi connectivity index (χ1v) is 9.18. The second-order valence-corrected chi connectivity index (χ2v) is 7.81.